The van der Waals surface area contributed by atoms with Gasteiger partial charge in [0, 0.05) is 28.5 Å². The lowest BCUT2D eigenvalue weighted by atomic mass is 10.0. The Morgan fingerprint density at radius 1 is 0.971 bits per heavy atom. The zero-order valence-electron chi connectivity index (χ0n) is 20.6. The van der Waals surface area contributed by atoms with Crippen molar-refractivity contribution in [2.75, 3.05) is 19.1 Å². The van der Waals surface area contributed by atoms with E-state index in [1.165, 1.54) is 7.11 Å². The highest BCUT2D eigenvalue weighted by molar-refractivity contribution is 6.32. The number of aromatic nitrogens is 1. The van der Waals surface area contributed by atoms with Crippen molar-refractivity contribution in [1.82, 2.24) is 4.57 Å². The van der Waals surface area contributed by atoms with E-state index in [-0.39, 0.29) is 11.5 Å². The van der Waals surface area contributed by atoms with Gasteiger partial charge in [0.15, 0.2) is 0 Å². The number of esters is 1. The van der Waals surface area contributed by atoms with E-state index < -0.39 is 5.97 Å². The van der Waals surface area contributed by atoms with Crippen LogP contribution in [0, 0.1) is 20.8 Å². The number of aryl methyl sites for hydroxylation is 2. The van der Waals surface area contributed by atoms with Crippen LogP contribution in [0.4, 0.5) is 5.69 Å². The number of allylic oxidation sites excluding steroid dienone is 1. The average Bonchev–Trinajstić information content (AvgIpc) is 3.24. The van der Waals surface area contributed by atoms with Crippen molar-refractivity contribution in [1.29, 1.82) is 0 Å². The molecular formula is C28H27ClN2O4. The van der Waals surface area contributed by atoms with Crippen LogP contribution in [-0.2, 0) is 14.3 Å². The molecule has 1 aliphatic rings. The SMILES string of the molecule is COC(=O)C1=C(C)N(c2cccc(C)c2)C(=O)/C1=C\c1cc(C)n(-c2ccc(OC)c(Cl)c2)c1C. The van der Waals surface area contributed by atoms with Crippen LogP contribution in [0.3, 0.4) is 0 Å². The number of amides is 1. The highest BCUT2D eigenvalue weighted by Gasteiger charge is 2.38. The van der Waals surface area contributed by atoms with Gasteiger partial charge in [0.25, 0.3) is 5.91 Å². The first-order valence-corrected chi connectivity index (χ1v) is 11.5. The van der Waals surface area contributed by atoms with Crippen molar-refractivity contribution in [3.63, 3.8) is 0 Å². The number of carbonyl (C=O) groups is 2. The van der Waals surface area contributed by atoms with Gasteiger partial charge in [-0.1, -0.05) is 23.7 Å². The monoisotopic (exact) mass is 490 g/mol. The molecule has 1 aromatic heterocycles. The van der Waals surface area contributed by atoms with Crippen LogP contribution < -0.4 is 9.64 Å². The van der Waals surface area contributed by atoms with Gasteiger partial charge in [-0.25, -0.2) is 4.79 Å². The standard InChI is InChI=1S/C28H27ClN2O4/c1-16-8-7-9-21(12-16)31-19(4)26(28(33)35-6)23(27(31)32)14-20-13-17(2)30(18(20)3)22-10-11-25(34-5)24(29)15-22/h7-15H,1-6H3/b23-14-. The van der Waals surface area contributed by atoms with Gasteiger partial charge < -0.3 is 14.0 Å². The Balaban J connectivity index is 1.84. The van der Waals surface area contributed by atoms with Crippen LogP contribution in [0.1, 0.15) is 29.4 Å². The van der Waals surface area contributed by atoms with Gasteiger partial charge in [0.1, 0.15) is 5.75 Å². The molecule has 0 bridgehead atoms. The molecule has 0 unspecified atom stereocenters. The van der Waals surface area contributed by atoms with E-state index in [4.69, 9.17) is 21.1 Å². The first-order valence-electron chi connectivity index (χ1n) is 11.1. The lowest BCUT2D eigenvalue weighted by Crippen LogP contribution is -2.24. The summed E-state index contributed by atoms with van der Waals surface area (Å²) in [5, 5.41) is 0.503. The highest BCUT2D eigenvalue weighted by atomic mass is 35.5. The fraction of sp³-hybridized carbons (Fsp3) is 0.214. The molecule has 35 heavy (non-hydrogen) atoms. The van der Waals surface area contributed by atoms with Crippen molar-refractivity contribution in [3.8, 4) is 11.4 Å². The van der Waals surface area contributed by atoms with Crippen molar-refractivity contribution < 1.29 is 19.1 Å². The van der Waals surface area contributed by atoms with Gasteiger partial charge in [-0.3, -0.25) is 9.69 Å². The third-order valence-corrected chi connectivity index (χ3v) is 6.51. The molecule has 0 saturated heterocycles. The smallest absolute Gasteiger partial charge is 0.340 e. The summed E-state index contributed by atoms with van der Waals surface area (Å²) < 4.78 is 12.4. The van der Waals surface area contributed by atoms with Crippen molar-refractivity contribution >= 4 is 35.2 Å². The first-order chi connectivity index (χ1) is 16.7. The van der Waals surface area contributed by atoms with Gasteiger partial charge in [0.2, 0.25) is 0 Å². The minimum absolute atomic E-state index is 0.260. The molecule has 0 fully saturated rings. The van der Waals surface area contributed by atoms with Gasteiger partial charge >= 0.3 is 5.97 Å². The molecule has 180 valence electrons. The molecule has 0 radical (unpaired) electrons. The summed E-state index contributed by atoms with van der Waals surface area (Å²) in [4.78, 5) is 27.9. The quantitative estimate of drug-likeness (QED) is 0.328. The summed E-state index contributed by atoms with van der Waals surface area (Å²) in [5.74, 6) is -0.227. The molecule has 2 aromatic carbocycles. The summed E-state index contributed by atoms with van der Waals surface area (Å²) in [6.45, 7) is 7.66. The highest BCUT2D eigenvalue weighted by Crippen LogP contribution is 2.37. The number of methoxy groups -OCH3 is 2. The van der Waals surface area contributed by atoms with Crippen LogP contribution >= 0.6 is 11.6 Å². The first kappa shape index (κ1) is 24.4. The third kappa shape index (κ3) is 4.26. The molecule has 0 aliphatic carbocycles. The lowest BCUT2D eigenvalue weighted by molar-refractivity contribution is -0.136. The van der Waals surface area contributed by atoms with Crippen LogP contribution in [0.15, 0.2) is 65.4 Å². The van der Waals surface area contributed by atoms with E-state index in [2.05, 4.69) is 0 Å². The van der Waals surface area contributed by atoms with Gasteiger partial charge in [-0.15, -0.1) is 0 Å². The Kier molecular flexibility index (Phi) is 6.59. The molecule has 0 N–H and O–H groups in total. The molecule has 7 heteroatoms. The van der Waals surface area contributed by atoms with E-state index in [1.54, 1.807) is 25.0 Å². The lowest BCUT2D eigenvalue weighted by Gasteiger charge is -2.18. The van der Waals surface area contributed by atoms with Gasteiger partial charge in [-0.2, -0.15) is 0 Å². The molecule has 0 saturated carbocycles. The summed E-state index contributed by atoms with van der Waals surface area (Å²) >= 11 is 6.36. The molecule has 6 nitrogen and oxygen atoms in total. The van der Waals surface area contributed by atoms with E-state index in [0.29, 0.717) is 27.7 Å². The fourth-order valence-corrected chi connectivity index (χ4v) is 4.79. The summed E-state index contributed by atoms with van der Waals surface area (Å²) in [7, 11) is 2.89. The molecule has 0 atom stereocenters. The molecule has 1 aliphatic heterocycles. The summed E-state index contributed by atoms with van der Waals surface area (Å²) in [6, 6.07) is 15.2. The van der Waals surface area contributed by atoms with Crippen LogP contribution in [0.2, 0.25) is 5.02 Å². The van der Waals surface area contributed by atoms with Gasteiger partial charge in [0.05, 0.1) is 30.4 Å². The Labute approximate surface area is 210 Å². The number of ether oxygens (including phenoxy) is 2. The van der Waals surface area contributed by atoms with E-state index in [1.807, 2.05) is 73.9 Å². The van der Waals surface area contributed by atoms with E-state index in [9.17, 15) is 9.59 Å². The Hall–Kier alpha value is -3.77. The second-order valence-corrected chi connectivity index (χ2v) is 8.88. The number of carbonyl (C=O) groups excluding carboxylic acids is 2. The molecule has 4 rings (SSSR count). The minimum Gasteiger partial charge on any atom is -0.495 e. The molecule has 3 aromatic rings. The zero-order valence-corrected chi connectivity index (χ0v) is 21.4. The maximum atomic E-state index is 13.6. The van der Waals surface area contributed by atoms with E-state index >= 15 is 0 Å². The molecule has 1 amide bonds. The number of hydrogen-bond acceptors (Lipinski definition) is 4. The van der Waals surface area contributed by atoms with Crippen molar-refractivity contribution in [2.24, 2.45) is 0 Å². The molecule has 0 spiro atoms. The molecule has 2 heterocycles. The van der Waals surface area contributed by atoms with E-state index in [0.717, 1.165) is 28.2 Å². The zero-order chi connectivity index (χ0) is 25.4. The second-order valence-electron chi connectivity index (χ2n) is 8.47. The number of anilines is 1. The topological polar surface area (TPSA) is 60.8 Å². The Morgan fingerprint density at radius 2 is 1.71 bits per heavy atom. The number of rotatable bonds is 5. The number of halogens is 1. The average molecular weight is 491 g/mol. The van der Waals surface area contributed by atoms with Crippen molar-refractivity contribution in [3.05, 3.63) is 92.9 Å². The Morgan fingerprint density at radius 3 is 2.34 bits per heavy atom. The number of nitrogens with zero attached hydrogens (tertiary/aromatic N) is 2. The maximum absolute atomic E-state index is 13.6. The normalized spacial score (nSPS) is 14.8. The third-order valence-electron chi connectivity index (χ3n) is 6.21. The molecular weight excluding hydrogens is 464 g/mol. The van der Waals surface area contributed by atoms with Crippen LogP contribution in [0.25, 0.3) is 11.8 Å². The van der Waals surface area contributed by atoms with Gasteiger partial charge in [-0.05, 0) is 81.3 Å². The largest absolute Gasteiger partial charge is 0.495 e. The fourth-order valence-electron chi connectivity index (χ4n) is 4.54. The number of benzene rings is 2. The predicted molar refractivity (Wildman–Crippen MR) is 138 cm³/mol. The second kappa shape index (κ2) is 9.47. The van der Waals surface area contributed by atoms with Crippen LogP contribution in [0.5, 0.6) is 5.75 Å². The maximum Gasteiger partial charge on any atom is 0.340 e. The Bertz CT molecular complexity index is 1410. The minimum atomic E-state index is -0.548. The summed E-state index contributed by atoms with van der Waals surface area (Å²) in [6.07, 6.45) is 1.76. The van der Waals surface area contributed by atoms with Crippen molar-refractivity contribution in [2.45, 2.75) is 27.7 Å². The number of hydrogen-bond donors (Lipinski definition) is 0. The summed E-state index contributed by atoms with van der Waals surface area (Å²) in [5.41, 5.74) is 6.36. The van der Waals surface area contributed by atoms with Crippen LogP contribution in [-0.4, -0.2) is 30.7 Å². The predicted octanol–water partition coefficient (Wildman–Crippen LogP) is 5.94.